The van der Waals surface area contributed by atoms with Crippen molar-refractivity contribution in [2.45, 2.75) is 18.9 Å². The molecule has 0 unspecified atom stereocenters. The van der Waals surface area contributed by atoms with Crippen LogP contribution < -0.4 is 24.3 Å². The van der Waals surface area contributed by atoms with E-state index in [2.05, 4.69) is 5.32 Å². The second kappa shape index (κ2) is 9.71. The number of ether oxygens (including phenoxy) is 5. The fourth-order valence-corrected chi connectivity index (χ4v) is 3.26. The number of amides is 1. The number of hydrogen-bond donors (Lipinski definition) is 1. The van der Waals surface area contributed by atoms with Crippen molar-refractivity contribution in [3.8, 4) is 23.0 Å². The molecule has 0 radical (unpaired) electrons. The van der Waals surface area contributed by atoms with Gasteiger partial charge in [-0.3, -0.25) is 4.79 Å². The minimum absolute atomic E-state index is 0.0596. The van der Waals surface area contributed by atoms with Crippen LogP contribution in [-0.2, 0) is 4.74 Å². The largest absolute Gasteiger partial charge is 0.493 e. The predicted octanol–water partition coefficient (Wildman–Crippen LogP) is 4.18. The molecule has 156 valence electrons. The maximum atomic E-state index is 12.9. The van der Waals surface area contributed by atoms with E-state index >= 15 is 0 Å². The molecule has 1 aliphatic heterocycles. The van der Waals surface area contributed by atoms with Gasteiger partial charge in [-0.1, -0.05) is 11.6 Å². The number of carbonyl (C=O) groups excluding carboxylic acids is 1. The van der Waals surface area contributed by atoms with Gasteiger partial charge in [-0.05, 0) is 43.2 Å². The highest BCUT2D eigenvalue weighted by Gasteiger charge is 2.20. The van der Waals surface area contributed by atoms with Crippen LogP contribution in [0.3, 0.4) is 0 Å². The van der Waals surface area contributed by atoms with Crippen molar-refractivity contribution in [3.05, 3.63) is 40.9 Å². The highest BCUT2D eigenvalue weighted by Crippen LogP contribution is 2.38. The lowest BCUT2D eigenvalue weighted by atomic mass is 10.1. The van der Waals surface area contributed by atoms with E-state index in [0.717, 1.165) is 19.4 Å². The van der Waals surface area contributed by atoms with E-state index in [1.165, 1.54) is 21.3 Å². The van der Waals surface area contributed by atoms with Crippen molar-refractivity contribution >= 4 is 23.2 Å². The molecular weight excluding hydrogens is 398 g/mol. The molecule has 3 rings (SSSR count). The first-order valence-corrected chi connectivity index (χ1v) is 9.58. The van der Waals surface area contributed by atoms with Gasteiger partial charge in [-0.25, -0.2) is 0 Å². The number of nitrogens with one attached hydrogen (secondary N) is 1. The Hall–Kier alpha value is -2.64. The van der Waals surface area contributed by atoms with Gasteiger partial charge in [0.1, 0.15) is 12.4 Å². The van der Waals surface area contributed by atoms with E-state index in [1.54, 1.807) is 30.3 Å². The van der Waals surface area contributed by atoms with Gasteiger partial charge in [0, 0.05) is 17.2 Å². The van der Waals surface area contributed by atoms with Crippen molar-refractivity contribution < 1.29 is 28.5 Å². The summed E-state index contributed by atoms with van der Waals surface area (Å²) in [6, 6.07) is 8.23. The van der Waals surface area contributed by atoms with Crippen molar-refractivity contribution in [2.24, 2.45) is 0 Å². The Morgan fingerprint density at radius 2 is 1.83 bits per heavy atom. The third-order valence-corrected chi connectivity index (χ3v) is 4.80. The van der Waals surface area contributed by atoms with Gasteiger partial charge in [0.05, 0.1) is 33.1 Å². The number of methoxy groups -OCH3 is 3. The maximum absolute atomic E-state index is 12.9. The first-order valence-electron chi connectivity index (χ1n) is 9.21. The molecule has 0 saturated carbocycles. The molecule has 7 nitrogen and oxygen atoms in total. The zero-order valence-electron chi connectivity index (χ0n) is 16.6. The third kappa shape index (κ3) is 5.05. The van der Waals surface area contributed by atoms with E-state index < -0.39 is 0 Å². The van der Waals surface area contributed by atoms with Crippen LogP contribution in [-0.4, -0.2) is 46.6 Å². The molecule has 1 atom stereocenters. The molecule has 0 aliphatic carbocycles. The minimum atomic E-state index is -0.367. The molecule has 0 spiro atoms. The Morgan fingerprint density at radius 3 is 2.41 bits per heavy atom. The second-order valence-electron chi connectivity index (χ2n) is 6.45. The van der Waals surface area contributed by atoms with E-state index in [4.69, 9.17) is 35.3 Å². The number of benzene rings is 2. The number of halogens is 1. The van der Waals surface area contributed by atoms with Gasteiger partial charge in [-0.15, -0.1) is 0 Å². The van der Waals surface area contributed by atoms with Crippen LogP contribution in [0.5, 0.6) is 23.0 Å². The van der Waals surface area contributed by atoms with Crippen LogP contribution in [0.25, 0.3) is 0 Å². The van der Waals surface area contributed by atoms with Gasteiger partial charge < -0.3 is 29.0 Å². The summed E-state index contributed by atoms with van der Waals surface area (Å²) in [5, 5.41) is 3.32. The fourth-order valence-electron chi connectivity index (χ4n) is 3.09. The SMILES string of the molecule is COc1cc(C(=O)Nc2cc(Cl)ccc2OC[C@@H]2CCCO2)cc(OC)c1OC. The highest BCUT2D eigenvalue weighted by molar-refractivity contribution is 6.31. The van der Waals surface area contributed by atoms with Crippen molar-refractivity contribution in [1.82, 2.24) is 0 Å². The first-order chi connectivity index (χ1) is 14.0. The van der Waals surface area contributed by atoms with Crippen LogP contribution in [0.2, 0.25) is 5.02 Å². The summed E-state index contributed by atoms with van der Waals surface area (Å²) in [6.45, 7) is 1.16. The van der Waals surface area contributed by atoms with E-state index in [0.29, 0.717) is 45.9 Å². The lowest BCUT2D eigenvalue weighted by Crippen LogP contribution is -2.18. The molecule has 0 bridgehead atoms. The fraction of sp³-hybridized carbons (Fsp3) is 0.381. The van der Waals surface area contributed by atoms with Crippen molar-refractivity contribution in [3.63, 3.8) is 0 Å². The van der Waals surface area contributed by atoms with Crippen molar-refractivity contribution in [1.29, 1.82) is 0 Å². The Bertz CT molecular complexity index is 841. The maximum Gasteiger partial charge on any atom is 0.256 e. The van der Waals surface area contributed by atoms with Gasteiger partial charge in [0.25, 0.3) is 5.91 Å². The standard InChI is InChI=1S/C21H24ClNO6/c1-25-18-9-13(10-19(26-2)20(18)27-3)21(24)23-16-11-14(22)6-7-17(16)29-12-15-5-4-8-28-15/h6-7,9-11,15H,4-5,8,12H2,1-3H3,(H,23,24)/t15-/m0/s1. The highest BCUT2D eigenvalue weighted by atomic mass is 35.5. The second-order valence-corrected chi connectivity index (χ2v) is 6.89. The van der Waals surface area contributed by atoms with Gasteiger partial charge in [-0.2, -0.15) is 0 Å². The molecule has 0 aromatic heterocycles. The van der Waals surface area contributed by atoms with E-state index in [-0.39, 0.29) is 12.0 Å². The molecule has 8 heteroatoms. The van der Waals surface area contributed by atoms with E-state index in [1.807, 2.05) is 0 Å². The average molecular weight is 422 g/mol. The first kappa shape index (κ1) is 21.1. The van der Waals surface area contributed by atoms with Gasteiger partial charge in [0.2, 0.25) is 5.75 Å². The average Bonchev–Trinajstić information content (AvgIpc) is 3.25. The normalized spacial score (nSPS) is 15.7. The summed E-state index contributed by atoms with van der Waals surface area (Å²) in [5.74, 6) is 1.34. The number of anilines is 1. The number of hydrogen-bond acceptors (Lipinski definition) is 6. The minimum Gasteiger partial charge on any atom is -0.493 e. The summed E-state index contributed by atoms with van der Waals surface area (Å²) in [6.07, 6.45) is 2.05. The van der Waals surface area contributed by atoms with Crippen LogP contribution in [0.4, 0.5) is 5.69 Å². The summed E-state index contributed by atoms with van der Waals surface area (Å²) in [7, 11) is 4.49. The lowest BCUT2D eigenvalue weighted by molar-refractivity contribution is 0.0682. The summed E-state index contributed by atoms with van der Waals surface area (Å²) < 4.78 is 27.4. The smallest absolute Gasteiger partial charge is 0.256 e. The van der Waals surface area contributed by atoms with Crippen molar-refractivity contribution in [2.75, 3.05) is 39.9 Å². The third-order valence-electron chi connectivity index (χ3n) is 4.57. The van der Waals surface area contributed by atoms with Crippen LogP contribution >= 0.6 is 11.6 Å². The summed E-state index contributed by atoms with van der Waals surface area (Å²) in [5.41, 5.74) is 0.804. The molecule has 1 heterocycles. The zero-order chi connectivity index (χ0) is 20.8. The molecule has 1 amide bonds. The molecule has 2 aromatic rings. The molecule has 1 saturated heterocycles. The zero-order valence-corrected chi connectivity index (χ0v) is 17.4. The summed E-state index contributed by atoms with van der Waals surface area (Å²) >= 11 is 6.12. The molecule has 2 aromatic carbocycles. The quantitative estimate of drug-likeness (QED) is 0.689. The summed E-state index contributed by atoms with van der Waals surface area (Å²) in [4.78, 5) is 12.9. The molecular formula is C21H24ClNO6. The molecule has 1 N–H and O–H groups in total. The predicted molar refractivity (Wildman–Crippen MR) is 110 cm³/mol. The Balaban J connectivity index is 1.82. The van der Waals surface area contributed by atoms with Crippen LogP contribution in [0, 0.1) is 0 Å². The van der Waals surface area contributed by atoms with Crippen LogP contribution in [0.1, 0.15) is 23.2 Å². The molecule has 1 fully saturated rings. The van der Waals surface area contributed by atoms with Gasteiger partial charge >= 0.3 is 0 Å². The Kier molecular flexibility index (Phi) is 7.06. The monoisotopic (exact) mass is 421 g/mol. The van der Waals surface area contributed by atoms with E-state index in [9.17, 15) is 4.79 Å². The lowest BCUT2D eigenvalue weighted by Gasteiger charge is -2.17. The number of carbonyl (C=O) groups is 1. The Labute approximate surface area is 174 Å². The topological polar surface area (TPSA) is 75.3 Å². The Morgan fingerprint density at radius 1 is 1.10 bits per heavy atom. The number of rotatable bonds is 8. The van der Waals surface area contributed by atoms with Crippen LogP contribution in [0.15, 0.2) is 30.3 Å². The van der Waals surface area contributed by atoms with Gasteiger partial charge in [0.15, 0.2) is 11.5 Å². The molecule has 1 aliphatic rings. The molecule has 29 heavy (non-hydrogen) atoms.